The average Bonchev–Trinajstić information content (AvgIpc) is 2.66. The van der Waals surface area contributed by atoms with Crippen LogP contribution < -0.4 is 15.4 Å². The Morgan fingerprint density at radius 1 is 1.34 bits per heavy atom. The lowest BCUT2D eigenvalue weighted by molar-refractivity contribution is -0.131. The zero-order chi connectivity index (χ0) is 21.0. The van der Waals surface area contributed by atoms with Gasteiger partial charge in [-0.25, -0.2) is 9.18 Å². The van der Waals surface area contributed by atoms with E-state index in [4.69, 9.17) is 10.5 Å². The number of anilines is 1. The minimum atomic E-state index is -0.660. The molecule has 1 atom stereocenters. The first-order valence-corrected chi connectivity index (χ1v) is 9.53. The van der Waals surface area contributed by atoms with E-state index < -0.39 is 11.8 Å². The number of amides is 3. The number of carbonyl (C=O) groups is 2. The number of piperidine rings is 1. The van der Waals surface area contributed by atoms with E-state index in [2.05, 4.69) is 4.98 Å². The van der Waals surface area contributed by atoms with E-state index in [-0.39, 0.29) is 18.6 Å². The zero-order valence-electron chi connectivity index (χ0n) is 16.6. The van der Waals surface area contributed by atoms with Crippen molar-refractivity contribution >= 4 is 17.6 Å². The van der Waals surface area contributed by atoms with Crippen LogP contribution >= 0.6 is 0 Å². The van der Waals surface area contributed by atoms with Crippen LogP contribution in [0, 0.1) is 12.7 Å². The largest absolute Gasteiger partial charge is 0.488 e. The highest BCUT2D eigenvalue weighted by atomic mass is 19.1. The van der Waals surface area contributed by atoms with Gasteiger partial charge in [0.15, 0.2) is 0 Å². The first-order chi connectivity index (χ1) is 13.8. The number of hydrogen-bond donors (Lipinski definition) is 1. The SMILES string of the molecule is CC(=O)N1CCC[C@@H](Oc2cc(F)cc(CN(C(N)=O)c3ccc(C)nc3)c2)C1. The molecule has 2 N–H and O–H groups in total. The maximum absolute atomic E-state index is 14.2. The van der Waals surface area contributed by atoms with Gasteiger partial charge in [0.1, 0.15) is 17.7 Å². The predicted octanol–water partition coefficient (Wildman–Crippen LogP) is 3.00. The number of carbonyl (C=O) groups excluding carboxylic acids is 2. The molecular weight excluding hydrogens is 375 g/mol. The average molecular weight is 400 g/mol. The van der Waals surface area contributed by atoms with Gasteiger partial charge >= 0.3 is 6.03 Å². The molecule has 1 fully saturated rings. The second kappa shape index (κ2) is 8.89. The van der Waals surface area contributed by atoms with Crippen molar-refractivity contribution in [3.63, 3.8) is 0 Å². The van der Waals surface area contributed by atoms with Gasteiger partial charge in [-0.3, -0.25) is 14.7 Å². The third kappa shape index (κ3) is 5.43. The highest BCUT2D eigenvalue weighted by Gasteiger charge is 2.23. The Morgan fingerprint density at radius 2 is 2.14 bits per heavy atom. The van der Waals surface area contributed by atoms with Gasteiger partial charge in [0.25, 0.3) is 0 Å². The predicted molar refractivity (Wildman–Crippen MR) is 107 cm³/mol. The standard InChI is InChI=1S/C21H25FN4O3/c1-14-5-6-18(11-24-14)26(21(23)28)12-16-8-17(22)10-20(9-16)29-19-4-3-7-25(13-19)15(2)27/h5-6,8-11,19H,3-4,7,12-13H2,1-2H3,(H2,23,28)/t19-/m1/s1. The van der Waals surface area contributed by atoms with Crippen LogP contribution in [0.25, 0.3) is 0 Å². The summed E-state index contributed by atoms with van der Waals surface area (Å²) in [6.07, 6.45) is 2.98. The van der Waals surface area contributed by atoms with Crippen LogP contribution in [0.1, 0.15) is 31.0 Å². The lowest BCUT2D eigenvalue weighted by atomic mass is 10.1. The summed E-state index contributed by atoms with van der Waals surface area (Å²) in [6, 6.07) is 7.18. The molecule has 2 aromatic rings. The summed E-state index contributed by atoms with van der Waals surface area (Å²) in [6.45, 7) is 4.64. The summed E-state index contributed by atoms with van der Waals surface area (Å²) < 4.78 is 20.1. The number of urea groups is 1. The first-order valence-electron chi connectivity index (χ1n) is 9.53. The molecule has 154 valence electrons. The van der Waals surface area contributed by atoms with Gasteiger partial charge in [0, 0.05) is 25.2 Å². The number of aryl methyl sites for hydroxylation is 1. The Hall–Kier alpha value is -3.16. The number of nitrogens with zero attached hydrogens (tertiary/aromatic N) is 3. The molecule has 29 heavy (non-hydrogen) atoms. The molecule has 0 radical (unpaired) electrons. The van der Waals surface area contributed by atoms with Gasteiger partial charge in [0.05, 0.1) is 25.0 Å². The number of primary amides is 1. The normalized spacial score (nSPS) is 16.4. The Morgan fingerprint density at radius 3 is 2.79 bits per heavy atom. The van der Waals surface area contributed by atoms with Gasteiger partial charge in [-0.15, -0.1) is 0 Å². The topological polar surface area (TPSA) is 88.8 Å². The molecule has 7 nitrogen and oxygen atoms in total. The van der Waals surface area contributed by atoms with Crippen LogP contribution in [0.15, 0.2) is 36.5 Å². The van der Waals surface area contributed by atoms with Gasteiger partial charge in [0.2, 0.25) is 5.91 Å². The van der Waals surface area contributed by atoms with Crippen molar-refractivity contribution in [2.75, 3.05) is 18.0 Å². The van der Waals surface area contributed by atoms with Crippen LogP contribution in [0.5, 0.6) is 5.75 Å². The number of aromatic nitrogens is 1. The molecule has 0 unspecified atom stereocenters. The van der Waals surface area contributed by atoms with E-state index in [1.165, 1.54) is 24.0 Å². The fourth-order valence-corrected chi connectivity index (χ4v) is 3.39. The molecule has 1 aromatic heterocycles. The number of halogens is 1. The van der Waals surface area contributed by atoms with Crippen LogP contribution in [0.4, 0.5) is 14.9 Å². The minimum Gasteiger partial charge on any atom is -0.488 e. The lowest BCUT2D eigenvalue weighted by Crippen LogP contribution is -2.43. The quantitative estimate of drug-likeness (QED) is 0.836. The second-order valence-electron chi connectivity index (χ2n) is 7.22. The fraction of sp³-hybridized carbons (Fsp3) is 0.381. The Balaban J connectivity index is 1.76. The maximum Gasteiger partial charge on any atom is 0.319 e. The summed E-state index contributed by atoms with van der Waals surface area (Å²) in [5.41, 5.74) is 7.40. The minimum absolute atomic E-state index is 0.00189. The van der Waals surface area contributed by atoms with E-state index in [0.29, 0.717) is 30.1 Å². The van der Waals surface area contributed by atoms with Crippen molar-refractivity contribution < 1.29 is 18.7 Å². The molecular formula is C21H25FN4O3. The van der Waals surface area contributed by atoms with E-state index >= 15 is 0 Å². The molecule has 0 bridgehead atoms. The van der Waals surface area contributed by atoms with Crippen molar-refractivity contribution in [3.8, 4) is 5.75 Å². The molecule has 1 aliphatic rings. The smallest absolute Gasteiger partial charge is 0.319 e. The summed E-state index contributed by atoms with van der Waals surface area (Å²) in [5, 5.41) is 0. The molecule has 1 aliphatic heterocycles. The molecule has 0 saturated carbocycles. The van der Waals surface area contributed by atoms with E-state index in [0.717, 1.165) is 18.5 Å². The van der Waals surface area contributed by atoms with Gasteiger partial charge in [-0.05, 0) is 49.6 Å². The number of pyridine rings is 1. The van der Waals surface area contributed by atoms with Crippen LogP contribution in [0.2, 0.25) is 0 Å². The van der Waals surface area contributed by atoms with Crippen molar-refractivity contribution in [2.24, 2.45) is 5.73 Å². The third-order valence-electron chi connectivity index (χ3n) is 4.87. The molecule has 1 aromatic carbocycles. The molecule has 1 saturated heterocycles. The molecule has 3 amide bonds. The molecule has 3 rings (SSSR count). The summed E-state index contributed by atoms with van der Waals surface area (Å²) in [5.74, 6) is -0.105. The number of hydrogen-bond acceptors (Lipinski definition) is 4. The van der Waals surface area contributed by atoms with Crippen molar-refractivity contribution in [1.29, 1.82) is 0 Å². The Labute approximate surface area is 169 Å². The van der Waals surface area contributed by atoms with E-state index in [1.54, 1.807) is 29.3 Å². The number of nitrogens with two attached hydrogens (primary N) is 1. The zero-order valence-corrected chi connectivity index (χ0v) is 16.6. The highest BCUT2D eigenvalue weighted by Crippen LogP contribution is 2.24. The van der Waals surface area contributed by atoms with Crippen molar-refractivity contribution in [1.82, 2.24) is 9.88 Å². The molecule has 0 spiro atoms. The number of likely N-dealkylation sites (tertiary alicyclic amines) is 1. The first kappa shape index (κ1) is 20.6. The summed E-state index contributed by atoms with van der Waals surface area (Å²) in [4.78, 5) is 30.8. The summed E-state index contributed by atoms with van der Waals surface area (Å²) in [7, 11) is 0. The van der Waals surface area contributed by atoms with Crippen molar-refractivity contribution in [3.05, 3.63) is 53.6 Å². The maximum atomic E-state index is 14.2. The van der Waals surface area contributed by atoms with E-state index in [1.807, 2.05) is 6.92 Å². The monoisotopic (exact) mass is 400 g/mol. The van der Waals surface area contributed by atoms with Gasteiger partial charge in [-0.2, -0.15) is 0 Å². The number of benzene rings is 1. The Bertz CT molecular complexity index is 888. The molecule has 8 heteroatoms. The number of ether oxygens (including phenoxy) is 1. The van der Waals surface area contributed by atoms with Gasteiger partial charge in [-0.1, -0.05) is 0 Å². The van der Waals surface area contributed by atoms with Crippen LogP contribution in [-0.2, 0) is 11.3 Å². The molecule has 0 aliphatic carbocycles. The van der Waals surface area contributed by atoms with E-state index in [9.17, 15) is 14.0 Å². The van der Waals surface area contributed by atoms with Crippen LogP contribution in [0.3, 0.4) is 0 Å². The summed E-state index contributed by atoms with van der Waals surface area (Å²) >= 11 is 0. The van der Waals surface area contributed by atoms with Crippen molar-refractivity contribution in [2.45, 2.75) is 39.3 Å². The second-order valence-corrected chi connectivity index (χ2v) is 7.22. The number of rotatable bonds is 5. The third-order valence-corrected chi connectivity index (χ3v) is 4.87. The molecule has 2 heterocycles. The Kier molecular flexibility index (Phi) is 6.31. The van der Waals surface area contributed by atoms with Gasteiger partial charge < -0.3 is 15.4 Å². The lowest BCUT2D eigenvalue weighted by Gasteiger charge is -2.32. The fourth-order valence-electron chi connectivity index (χ4n) is 3.39. The highest BCUT2D eigenvalue weighted by molar-refractivity contribution is 5.90. The van der Waals surface area contributed by atoms with Crippen LogP contribution in [-0.4, -0.2) is 41.0 Å².